The number of esters is 1. The fraction of sp³-hybridized carbons (Fsp3) is 0.250. The van der Waals surface area contributed by atoms with Crippen LogP contribution in [0, 0.1) is 0 Å². The van der Waals surface area contributed by atoms with Crippen LogP contribution in [0.25, 0.3) is 10.9 Å². The largest absolute Gasteiger partial charge is 0.467 e. The lowest BCUT2D eigenvalue weighted by Crippen LogP contribution is -2.51. The number of hydrogen-bond acceptors (Lipinski definition) is 4. The first-order chi connectivity index (χ1) is 12.6. The average Bonchev–Trinajstić information content (AvgIpc) is 3.04. The van der Waals surface area contributed by atoms with E-state index in [0.717, 1.165) is 27.7 Å². The number of nitrogens with zero attached hydrogens (tertiary/aromatic N) is 2. The van der Waals surface area contributed by atoms with Gasteiger partial charge in [-0.15, -0.1) is 0 Å². The summed E-state index contributed by atoms with van der Waals surface area (Å²) in [5.41, 5.74) is 3.81. The van der Waals surface area contributed by atoms with E-state index in [0.29, 0.717) is 6.42 Å². The van der Waals surface area contributed by atoms with Crippen molar-refractivity contribution in [3.05, 3.63) is 65.6 Å². The summed E-state index contributed by atoms with van der Waals surface area (Å²) in [4.78, 5) is 34.3. The predicted octanol–water partition coefficient (Wildman–Crippen LogP) is 2.60. The van der Waals surface area contributed by atoms with E-state index in [4.69, 9.17) is 4.74 Å². The number of fused-ring (bicyclic) bond motifs is 3. The van der Waals surface area contributed by atoms with E-state index in [1.165, 1.54) is 14.0 Å². The Hall–Kier alpha value is -3.15. The number of ether oxygens (including phenoxy) is 1. The second-order valence-electron chi connectivity index (χ2n) is 6.42. The minimum Gasteiger partial charge on any atom is -0.467 e. The van der Waals surface area contributed by atoms with E-state index < -0.39 is 18.1 Å². The van der Waals surface area contributed by atoms with E-state index >= 15 is 0 Å². The zero-order valence-corrected chi connectivity index (χ0v) is 14.6. The van der Waals surface area contributed by atoms with Crippen molar-refractivity contribution >= 4 is 22.8 Å². The Morgan fingerprint density at radius 3 is 2.73 bits per heavy atom. The zero-order valence-electron chi connectivity index (χ0n) is 14.6. The molecule has 0 saturated heterocycles. The number of benzene rings is 1. The number of rotatable bonds is 2. The summed E-state index contributed by atoms with van der Waals surface area (Å²) < 4.78 is 5.00. The molecular weight excluding hydrogens is 330 g/mol. The van der Waals surface area contributed by atoms with Crippen LogP contribution < -0.4 is 0 Å². The Bertz CT molecular complexity index is 980. The third-order valence-electron chi connectivity index (χ3n) is 4.97. The molecule has 1 aliphatic rings. The maximum atomic E-state index is 12.5. The summed E-state index contributed by atoms with van der Waals surface area (Å²) >= 11 is 0. The van der Waals surface area contributed by atoms with Crippen molar-refractivity contribution in [1.82, 2.24) is 14.9 Å². The van der Waals surface area contributed by atoms with Gasteiger partial charge in [0.05, 0.1) is 13.2 Å². The van der Waals surface area contributed by atoms with Crippen LogP contribution in [-0.2, 0) is 20.7 Å². The second-order valence-corrected chi connectivity index (χ2v) is 6.42. The van der Waals surface area contributed by atoms with Gasteiger partial charge in [-0.3, -0.25) is 9.78 Å². The fourth-order valence-electron chi connectivity index (χ4n) is 3.88. The topological polar surface area (TPSA) is 75.3 Å². The molecule has 0 fully saturated rings. The number of pyridine rings is 1. The number of carbonyl (C=O) groups is 2. The van der Waals surface area contributed by atoms with Gasteiger partial charge in [-0.1, -0.05) is 24.3 Å². The number of H-pyrrole nitrogens is 1. The van der Waals surface area contributed by atoms with E-state index in [1.807, 2.05) is 36.4 Å². The van der Waals surface area contributed by atoms with Crippen LogP contribution in [0.5, 0.6) is 0 Å². The van der Waals surface area contributed by atoms with E-state index in [2.05, 4.69) is 9.97 Å². The van der Waals surface area contributed by atoms with Crippen LogP contribution in [0.3, 0.4) is 0 Å². The van der Waals surface area contributed by atoms with Gasteiger partial charge in [-0.2, -0.15) is 0 Å². The first kappa shape index (κ1) is 16.3. The van der Waals surface area contributed by atoms with Crippen LogP contribution in [0.1, 0.15) is 29.8 Å². The third-order valence-corrected chi connectivity index (χ3v) is 4.97. The molecule has 0 bridgehead atoms. The van der Waals surface area contributed by atoms with Gasteiger partial charge >= 0.3 is 5.97 Å². The van der Waals surface area contributed by atoms with Crippen molar-refractivity contribution in [3.8, 4) is 0 Å². The molecule has 1 amide bonds. The van der Waals surface area contributed by atoms with Gasteiger partial charge in [0.25, 0.3) is 0 Å². The number of aromatic amines is 1. The molecule has 3 aromatic rings. The summed E-state index contributed by atoms with van der Waals surface area (Å²) in [6.07, 6.45) is 3.84. The number of para-hydroxylation sites is 1. The number of amides is 1. The quantitative estimate of drug-likeness (QED) is 0.722. The molecular formula is C20H19N3O3. The Kier molecular flexibility index (Phi) is 3.95. The maximum Gasteiger partial charge on any atom is 0.328 e. The molecule has 1 N–H and O–H groups in total. The van der Waals surface area contributed by atoms with Gasteiger partial charge < -0.3 is 14.6 Å². The Balaban J connectivity index is 1.98. The average molecular weight is 349 g/mol. The highest BCUT2D eigenvalue weighted by molar-refractivity contribution is 5.90. The van der Waals surface area contributed by atoms with Gasteiger partial charge in [0.1, 0.15) is 6.04 Å². The number of aromatic nitrogens is 2. The van der Waals surface area contributed by atoms with E-state index in [1.54, 1.807) is 17.3 Å². The highest BCUT2D eigenvalue weighted by Gasteiger charge is 2.42. The molecule has 3 heterocycles. The normalized spacial score (nSPS) is 19.2. The first-order valence-electron chi connectivity index (χ1n) is 8.48. The Labute approximate surface area is 150 Å². The highest BCUT2D eigenvalue weighted by atomic mass is 16.5. The number of hydrogen-bond donors (Lipinski definition) is 1. The van der Waals surface area contributed by atoms with Crippen LogP contribution in [0.4, 0.5) is 0 Å². The molecule has 6 heteroatoms. The van der Waals surface area contributed by atoms with Gasteiger partial charge in [-0.05, 0) is 23.3 Å². The SMILES string of the molecule is COC(=O)C1Cc2c([nH]c3ccccc23)C(c2cccnc2)N1C(C)=O. The van der Waals surface area contributed by atoms with E-state index in [9.17, 15) is 9.59 Å². The number of carbonyl (C=O) groups excluding carboxylic acids is 2. The van der Waals surface area contributed by atoms with Crippen LogP contribution in [0.15, 0.2) is 48.8 Å². The van der Waals surface area contributed by atoms with Crippen molar-refractivity contribution in [2.75, 3.05) is 7.11 Å². The minimum absolute atomic E-state index is 0.182. The van der Waals surface area contributed by atoms with Gasteiger partial charge in [0.2, 0.25) is 5.91 Å². The number of methoxy groups -OCH3 is 1. The van der Waals surface area contributed by atoms with E-state index in [-0.39, 0.29) is 5.91 Å². The molecule has 0 aliphatic carbocycles. The van der Waals surface area contributed by atoms with Crippen LogP contribution >= 0.6 is 0 Å². The molecule has 1 aliphatic heterocycles. The van der Waals surface area contributed by atoms with Crippen molar-refractivity contribution in [1.29, 1.82) is 0 Å². The molecule has 1 aromatic carbocycles. The minimum atomic E-state index is -0.672. The lowest BCUT2D eigenvalue weighted by atomic mass is 9.88. The summed E-state index contributed by atoms with van der Waals surface area (Å²) in [6, 6.07) is 10.6. The second kappa shape index (κ2) is 6.29. The Morgan fingerprint density at radius 2 is 2.04 bits per heavy atom. The molecule has 4 rings (SSSR count). The lowest BCUT2D eigenvalue weighted by molar-refractivity contribution is -0.154. The Morgan fingerprint density at radius 1 is 1.23 bits per heavy atom. The predicted molar refractivity (Wildman–Crippen MR) is 96.4 cm³/mol. The van der Waals surface area contributed by atoms with Crippen molar-refractivity contribution < 1.29 is 14.3 Å². The van der Waals surface area contributed by atoms with Gasteiger partial charge in [0.15, 0.2) is 0 Å². The molecule has 0 saturated carbocycles. The van der Waals surface area contributed by atoms with Gasteiger partial charge in [-0.25, -0.2) is 4.79 Å². The standard InChI is InChI=1S/C20H19N3O3/c1-12(24)23-17(20(25)26-2)10-15-14-7-3-4-8-16(14)22-18(15)19(23)13-6-5-9-21-11-13/h3-9,11,17,19,22H,10H2,1-2H3. The molecule has 26 heavy (non-hydrogen) atoms. The molecule has 0 spiro atoms. The molecule has 2 unspecified atom stereocenters. The van der Waals surface area contributed by atoms with Crippen molar-refractivity contribution in [2.24, 2.45) is 0 Å². The third kappa shape index (κ3) is 2.45. The number of nitrogens with one attached hydrogen (secondary N) is 1. The summed E-state index contributed by atoms with van der Waals surface area (Å²) in [7, 11) is 1.35. The fourth-order valence-corrected chi connectivity index (χ4v) is 3.88. The maximum absolute atomic E-state index is 12.5. The monoisotopic (exact) mass is 349 g/mol. The summed E-state index contributed by atoms with van der Waals surface area (Å²) in [6.45, 7) is 1.48. The summed E-state index contributed by atoms with van der Waals surface area (Å²) in [5, 5.41) is 1.06. The summed E-state index contributed by atoms with van der Waals surface area (Å²) in [5.74, 6) is -0.594. The highest BCUT2D eigenvalue weighted by Crippen LogP contribution is 2.40. The molecule has 2 aromatic heterocycles. The molecule has 6 nitrogen and oxygen atoms in total. The lowest BCUT2D eigenvalue weighted by Gasteiger charge is -2.40. The first-order valence-corrected chi connectivity index (χ1v) is 8.48. The van der Waals surface area contributed by atoms with Crippen molar-refractivity contribution in [3.63, 3.8) is 0 Å². The van der Waals surface area contributed by atoms with Crippen LogP contribution in [-0.4, -0.2) is 39.9 Å². The molecule has 2 atom stereocenters. The zero-order chi connectivity index (χ0) is 18.3. The smallest absolute Gasteiger partial charge is 0.328 e. The molecule has 132 valence electrons. The van der Waals surface area contributed by atoms with Crippen molar-refractivity contribution in [2.45, 2.75) is 25.4 Å². The molecule has 0 radical (unpaired) electrons. The van der Waals surface area contributed by atoms with Crippen LogP contribution in [0.2, 0.25) is 0 Å². The van der Waals surface area contributed by atoms with Gasteiger partial charge in [0, 0.05) is 42.3 Å².